The van der Waals surface area contributed by atoms with Crippen LogP contribution in [0.5, 0.6) is 0 Å². The number of carbonyl (C=O) groups excluding carboxylic acids is 1. The van der Waals surface area contributed by atoms with Gasteiger partial charge in [0.1, 0.15) is 18.4 Å². The van der Waals surface area contributed by atoms with Crippen molar-refractivity contribution in [2.24, 2.45) is 15.2 Å². The molecule has 0 aromatic rings. The minimum atomic E-state index is -2.13. The molecule has 0 amide bonds. The van der Waals surface area contributed by atoms with E-state index in [9.17, 15) is 9.90 Å². The second kappa shape index (κ2) is 1.88. The van der Waals surface area contributed by atoms with Gasteiger partial charge in [-0.3, -0.25) is 0 Å². The van der Waals surface area contributed by atoms with Gasteiger partial charge in [-0.1, -0.05) is 0 Å². The van der Waals surface area contributed by atoms with E-state index in [2.05, 4.69) is 15.2 Å². The molecule has 1 atom stereocenters. The third-order valence-corrected chi connectivity index (χ3v) is 0.939. The van der Waals surface area contributed by atoms with E-state index in [0.717, 1.165) is 6.34 Å². The fraction of sp³-hybridized carbons (Fsp3) is 0.250. The molecule has 10 heavy (non-hydrogen) atoms. The Morgan fingerprint density at radius 2 is 2.50 bits per heavy atom. The van der Waals surface area contributed by atoms with Crippen LogP contribution in [0.2, 0.25) is 0 Å². The summed E-state index contributed by atoms with van der Waals surface area (Å²) in [6.45, 7) is 0. The number of azo groups is 1. The third-order valence-electron chi connectivity index (χ3n) is 0.939. The highest BCUT2D eigenvalue weighted by atomic mass is 16.4. The van der Waals surface area contributed by atoms with Crippen LogP contribution in [0.1, 0.15) is 0 Å². The summed E-state index contributed by atoms with van der Waals surface area (Å²) in [5.74, 6) is -1.66. The van der Waals surface area contributed by atoms with E-state index in [1.54, 1.807) is 0 Å². The first-order valence-electron chi connectivity index (χ1n) is 2.30. The van der Waals surface area contributed by atoms with Gasteiger partial charge in [0.15, 0.2) is 0 Å². The monoisotopic (exact) mass is 137 g/mol. The molecule has 0 aliphatic carbocycles. The molecule has 6 nitrogen and oxygen atoms in total. The summed E-state index contributed by atoms with van der Waals surface area (Å²) < 4.78 is 0. The highest BCUT2D eigenvalue weighted by Crippen LogP contribution is 2.14. The van der Waals surface area contributed by atoms with Gasteiger partial charge < -0.3 is 9.90 Å². The normalized spacial score (nSPS) is 28.3. The SMILES string of the molecule is N#CC1(C(=O)[O-])N=CN=N1. The predicted octanol–water partition coefficient (Wildman–Crippen LogP) is -1.55. The molecule has 1 aliphatic rings. The second-order valence-corrected chi connectivity index (χ2v) is 1.53. The Balaban J connectivity index is 3.05. The van der Waals surface area contributed by atoms with Crippen LogP contribution in [0.15, 0.2) is 15.2 Å². The van der Waals surface area contributed by atoms with Gasteiger partial charge in [-0.25, -0.2) is 4.99 Å². The van der Waals surface area contributed by atoms with Crippen molar-refractivity contribution in [3.8, 4) is 6.07 Å². The average Bonchev–Trinajstić information content (AvgIpc) is 2.35. The molecule has 0 radical (unpaired) electrons. The molecule has 1 heterocycles. The van der Waals surface area contributed by atoms with Crippen LogP contribution in [-0.4, -0.2) is 18.0 Å². The summed E-state index contributed by atoms with van der Waals surface area (Å²) in [6.07, 6.45) is 0.902. The van der Waals surface area contributed by atoms with E-state index in [1.165, 1.54) is 6.07 Å². The van der Waals surface area contributed by atoms with Crippen molar-refractivity contribution < 1.29 is 9.90 Å². The Labute approximate surface area is 55.5 Å². The van der Waals surface area contributed by atoms with Crippen molar-refractivity contribution in [1.29, 1.82) is 5.26 Å². The van der Waals surface area contributed by atoms with Gasteiger partial charge in [0.05, 0.1) is 0 Å². The minimum Gasteiger partial charge on any atom is -0.544 e. The molecule has 1 aliphatic heterocycles. The van der Waals surface area contributed by atoms with Gasteiger partial charge in [-0.2, -0.15) is 5.26 Å². The maximum Gasteiger partial charge on any atom is 0.298 e. The molecule has 0 N–H and O–H groups in total. The molecule has 6 heteroatoms. The van der Waals surface area contributed by atoms with E-state index in [-0.39, 0.29) is 0 Å². The molecule has 0 saturated carbocycles. The van der Waals surface area contributed by atoms with Gasteiger partial charge in [0.25, 0.3) is 5.66 Å². The highest BCUT2D eigenvalue weighted by Gasteiger charge is 2.32. The van der Waals surface area contributed by atoms with E-state index in [0.29, 0.717) is 0 Å². The number of carbonyl (C=O) groups is 1. The van der Waals surface area contributed by atoms with E-state index in [1.807, 2.05) is 0 Å². The lowest BCUT2D eigenvalue weighted by Crippen LogP contribution is -2.43. The maximum atomic E-state index is 10.2. The van der Waals surface area contributed by atoms with Crippen LogP contribution in [0.25, 0.3) is 0 Å². The molecule has 1 unspecified atom stereocenters. The number of hydrogen-bond donors (Lipinski definition) is 0. The number of nitriles is 1. The van der Waals surface area contributed by atoms with Crippen molar-refractivity contribution in [1.82, 2.24) is 0 Å². The van der Waals surface area contributed by atoms with Gasteiger partial charge in [0, 0.05) is 0 Å². The van der Waals surface area contributed by atoms with Crippen LogP contribution in [0.3, 0.4) is 0 Å². The summed E-state index contributed by atoms with van der Waals surface area (Å²) in [6, 6.07) is 1.36. The second-order valence-electron chi connectivity index (χ2n) is 1.53. The van der Waals surface area contributed by atoms with Crippen LogP contribution >= 0.6 is 0 Å². The largest absolute Gasteiger partial charge is 0.544 e. The quantitative estimate of drug-likeness (QED) is 0.437. The Bertz CT molecular complexity index is 249. The summed E-state index contributed by atoms with van der Waals surface area (Å²) in [5.41, 5.74) is -2.13. The van der Waals surface area contributed by atoms with Crippen molar-refractivity contribution >= 4 is 12.3 Å². The summed E-state index contributed by atoms with van der Waals surface area (Å²) in [7, 11) is 0. The fourth-order valence-corrected chi connectivity index (χ4v) is 0.435. The zero-order valence-corrected chi connectivity index (χ0v) is 4.68. The Kier molecular flexibility index (Phi) is 1.19. The van der Waals surface area contributed by atoms with Crippen LogP contribution < -0.4 is 5.11 Å². The van der Waals surface area contributed by atoms with E-state index < -0.39 is 11.6 Å². The molecule has 0 fully saturated rings. The Hall–Kier alpha value is -1.77. The first-order valence-corrected chi connectivity index (χ1v) is 2.30. The highest BCUT2D eigenvalue weighted by molar-refractivity contribution is 5.83. The van der Waals surface area contributed by atoms with Gasteiger partial charge in [-0.05, 0) is 0 Å². The molecule has 0 aromatic heterocycles. The predicted molar refractivity (Wildman–Crippen MR) is 26.7 cm³/mol. The molecule has 0 saturated heterocycles. The van der Waals surface area contributed by atoms with Crippen molar-refractivity contribution in [2.75, 3.05) is 0 Å². The average molecular weight is 137 g/mol. The number of aliphatic imine (C=N–C) groups is 1. The van der Waals surface area contributed by atoms with Crippen molar-refractivity contribution in [3.63, 3.8) is 0 Å². The molecule has 0 spiro atoms. The number of carboxylic acids is 1. The summed E-state index contributed by atoms with van der Waals surface area (Å²) in [4.78, 5) is 13.4. The van der Waals surface area contributed by atoms with E-state index >= 15 is 0 Å². The molecule has 1 rings (SSSR count). The van der Waals surface area contributed by atoms with Crippen molar-refractivity contribution in [2.45, 2.75) is 5.66 Å². The third kappa shape index (κ3) is 0.647. The van der Waals surface area contributed by atoms with Crippen LogP contribution in [-0.2, 0) is 4.79 Å². The summed E-state index contributed by atoms with van der Waals surface area (Å²) in [5, 5.41) is 24.6. The number of nitrogens with zero attached hydrogens (tertiary/aromatic N) is 4. The minimum absolute atomic E-state index is 0.902. The zero-order valence-electron chi connectivity index (χ0n) is 4.68. The van der Waals surface area contributed by atoms with Gasteiger partial charge in [0.2, 0.25) is 0 Å². The lowest BCUT2D eigenvalue weighted by atomic mass is 10.2. The first kappa shape index (κ1) is 6.35. The van der Waals surface area contributed by atoms with Gasteiger partial charge in [-0.15, -0.1) is 10.2 Å². The summed E-state index contributed by atoms with van der Waals surface area (Å²) >= 11 is 0. The lowest BCUT2D eigenvalue weighted by molar-refractivity contribution is -0.310. The smallest absolute Gasteiger partial charge is 0.298 e. The standard InChI is InChI=1S/C4H2N4O2/c5-1-4(3(9)10)6-2-7-8-4/h2H,(H,9,10)/p-1. The van der Waals surface area contributed by atoms with Gasteiger partial charge >= 0.3 is 0 Å². The maximum absolute atomic E-state index is 10.2. The molecular weight excluding hydrogens is 136 g/mol. The first-order chi connectivity index (χ1) is 4.71. The lowest BCUT2D eigenvalue weighted by Gasteiger charge is -2.11. The molecule has 50 valence electrons. The number of rotatable bonds is 1. The zero-order chi connectivity index (χ0) is 7.61. The van der Waals surface area contributed by atoms with Crippen LogP contribution in [0.4, 0.5) is 0 Å². The Morgan fingerprint density at radius 1 is 1.80 bits per heavy atom. The van der Waals surface area contributed by atoms with E-state index in [4.69, 9.17) is 5.26 Å². The van der Waals surface area contributed by atoms with Crippen LogP contribution in [0, 0.1) is 11.3 Å². The molecular formula is C4HN4O2-. The Morgan fingerprint density at radius 3 is 2.70 bits per heavy atom. The fourth-order valence-electron chi connectivity index (χ4n) is 0.435. The number of aliphatic carboxylic acids is 1. The topological polar surface area (TPSA) is 101 Å². The molecule has 0 aromatic carbocycles. The number of carboxylic acid groups (broad SMARTS) is 1. The molecule has 0 bridgehead atoms. The van der Waals surface area contributed by atoms with Crippen molar-refractivity contribution in [3.05, 3.63) is 0 Å². The number of hydrogen-bond acceptors (Lipinski definition) is 6.